The zero-order chi connectivity index (χ0) is 22.4. The molecule has 1 aromatic carbocycles. The number of ether oxygens (including phenoxy) is 1. The van der Waals surface area contributed by atoms with Crippen molar-refractivity contribution in [3.63, 3.8) is 0 Å². The van der Waals surface area contributed by atoms with Crippen molar-refractivity contribution in [2.45, 2.75) is 83.9 Å². The van der Waals surface area contributed by atoms with Gasteiger partial charge in [-0.05, 0) is 59.5 Å². The molecule has 2 fully saturated rings. The third-order valence-corrected chi connectivity index (χ3v) is 7.14. The third-order valence-electron chi connectivity index (χ3n) is 7.14. The van der Waals surface area contributed by atoms with E-state index in [0.717, 1.165) is 32.8 Å². The standard InChI is InChI=1S/C25H39BN2O3/c1-23(2,3)29-18-22-17-28-15-20(26-30-24(4,5)25(6,7)31-26)13-21(28)16-27(22)14-19-11-9-8-10-12-19/h8-13,21-22H,14-18H2,1-7H3/t21-,22+/m0/s1. The first-order chi connectivity index (χ1) is 14.4. The summed E-state index contributed by atoms with van der Waals surface area (Å²) in [7, 11) is -0.248. The van der Waals surface area contributed by atoms with Gasteiger partial charge in [0.15, 0.2) is 0 Å². The van der Waals surface area contributed by atoms with Gasteiger partial charge in [0.05, 0.1) is 23.4 Å². The van der Waals surface area contributed by atoms with E-state index in [4.69, 9.17) is 14.0 Å². The lowest BCUT2D eigenvalue weighted by atomic mass is 9.78. The van der Waals surface area contributed by atoms with Crippen molar-refractivity contribution < 1.29 is 14.0 Å². The average Bonchev–Trinajstić information content (AvgIpc) is 3.17. The molecular weight excluding hydrogens is 387 g/mol. The predicted molar refractivity (Wildman–Crippen MR) is 126 cm³/mol. The molecule has 170 valence electrons. The van der Waals surface area contributed by atoms with Crippen molar-refractivity contribution >= 4 is 7.12 Å². The molecule has 31 heavy (non-hydrogen) atoms. The molecule has 0 spiro atoms. The molecular formula is C25H39BN2O3. The molecule has 2 saturated heterocycles. The molecule has 0 N–H and O–H groups in total. The van der Waals surface area contributed by atoms with E-state index in [1.807, 2.05) is 0 Å². The molecule has 0 radical (unpaired) electrons. The van der Waals surface area contributed by atoms with Crippen LogP contribution in [-0.2, 0) is 20.6 Å². The molecule has 0 bridgehead atoms. The highest BCUT2D eigenvalue weighted by atomic mass is 16.7. The molecule has 0 amide bonds. The summed E-state index contributed by atoms with van der Waals surface area (Å²) in [4.78, 5) is 5.16. The van der Waals surface area contributed by atoms with E-state index in [1.54, 1.807) is 0 Å². The number of piperazine rings is 1. The molecule has 3 heterocycles. The minimum absolute atomic E-state index is 0.133. The van der Waals surface area contributed by atoms with E-state index < -0.39 is 0 Å². The smallest absolute Gasteiger partial charge is 0.400 e. The van der Waals surface area contributed by atoms with Crippen molar-refractivity contribution in [2.75, 3.05) is 26.2 Å². The van der Waals surface area contributed by atoms with Gasteiger partial charge >= 0.3 is 7.12 Å². The molecule has 3 aliphatic rings. The first-order valence-corrected chi connectivity index (χ1v) is 11.7. The summed E-state index contributed by atoms with van der Waals surface area (Å²) in [6.07, 6.45) is 2.39. The number of rotatable bonds is 5. The summed E-state index contributed by atoms with van der Waals surface area (Å²) in [6, 6.07) is 11.5. The predicted octanol–water partition coefficient (Wildman–Crippen LogP) is 3.93. The maximum Gasteiger partial charge on any atom is 0.491 e. The topological polar surface area (TPSA) is 34.2 Å². The van der Waals surface area contributed by atoms with Crippen LogP contribution < -0.4 is 0 Å². The van der Waals surface area contributed by atoms with E-state index in [2.05, 4.69) is 94.7 Å². The van der Waals surface area contributed by atoms with Crippen molar-refractivity contribution in [3.05, 3.63) is 47.4 Å². The Morgan fingerprint density at radius 3 is 2.29 bits per heavy atom. The van der Waals surface area contributed by atoms with Crippen LogP contribution in [0.5, 0.6) is 0 Å². The first-order valence-electron chi connectivity index (χ1n) is 11.7. The van der Waals surface area contributed by atoms with E-state index in [9.17, 15) is 0 Å². The van der Waals surface area contributed by atoms with Gasteiger partial charge in [-0.25, -0.2) is 0 Å². The molecule has 0 aliphatic carbocycles. The molecule has 5 nitrogen and oxygen atoms in total. The van der Waals surface area contributed by atoms with Crippen LogP contribution in [0.4, 0.5) is 0 Å². The second-order valence-electron chi connectivity index (χ2n) is 11.3. The van der Waals surface area contributed by atoms with Gasteiger partial charge in [-0.1, -0.05) is 36.4 Å². The molecule has 2 atom stereocenters. The number of hydrogen-bond donors (Lipinski definition) is 0. The van der Waals surface area contributed by atoms with Gasteiger partial charge in [-0.3, -0.25) is 9.80 Å². The summed E-state index contributed by atoms with van der Waals surface area (Å²) in [5.41, 5.74) is 1.88. The lowest BCUT2D eigenvalue weighted by Crippen LogP contribution is -2.57. The van der Waals surface area contributed by atoms with Crippen LogP contribution in [0.25, 0.3) is 0 Å². The Morgan fingerprint density at radius 1 is 1.03 bits per heavy atom. The number of fused-ring (bicyclic) bond motifs is 1. The fraction of sp³-hybridized carbons (Fsp3) is 0.680. The molecule has 1 aromatic rings. The minimum atomic E-state index is -0.302. The van der Waals surface area contributed by atoms with Crippen LogP contribution in [0, 0.1) is 0 Å². The van der Waals surface area contributed by atoms with Gasteiger partial charge in [0.25, 0.3) is 0 Å². The van der Waals surface area contributed by atoms with E-state index in [1.165, 1.54) is 11.0 Å². The Kier molecular flexibility index (Phi) is 6.16. The highest BCUT2D eigenvalue weighted by Gasteiger charge is 2.53. The van der Waals surface area contributed by atoms with Crippen molar-refractivity contribution in [2.24, 2.45) is 0 Å². The van der Waals surface area contributed by atoms with Gasteiger partial charge in [-0.2, -0.15) is 0 Å². The number of hydrogen-bond acceptors (Lipinski definition) is 5. The molecule has 0 aromatic heterocycles. The van der Waals surface area contributed by atoms with Gasteiger partial charge < -0.3 is 14.0 Å². The average molecular weight is 426 g/mol. The summed E-state index contributed by atoms with van der Waals surface area (Å²) in [5, 5.41) is 0. The molecule has 6 heteroatoms. The lowest BCUT2D eigenvalue weighted by Gasteiger charge is -2.44. The highest BCUT2D eigenvalue weighted by Crippen LogP contribution is 2.40. The second-order valence-corrected chi connectivity index (χ2v) is 11.3. The third kappa shape index (κ3) is 5.09. The van der Waals surface area contributed by atoms with Crippen LogP contribution in [0.3, 0.4) is 0 Å². The van der Waals surface area contributed by atoms with E-state index in [-0.39, 0.29) is 23.9 Å². The zero-order valence-electron chi connectivity index (χ0n) is 20.4. The summed E-state index contributed by atoms with van der Waals surface area (Å²) in [5.74, 6) is 0. The monoisotopic (exact) mass is 426 g/mol. The quantitative estimate of drug-likeness (QED) is 0.667. The normalized spacial score (nSPS) is 28.6. The van der Waals surface area contributed by atoms with Gasteiger partial charge in [0.1, 0.15) is 0 Å². The van der Waals surface area contributed by atoms with E-state index >= 15 is 0 Å². The maximum atomic E-state index is 6.34. The molecule has 3 aliphatic heterocycles. The Balaban J connectivity index is 1.48. The molecule has 0 saturated carbocycles. The van der Waals surface area contributed by atoms with Crippen LogP contribution in [-0.4, -0.2) is 72.0 Å². The van der Waals surface area contributed by atoms with Gasteiger partial charge in [0.2, 0.25) is 0 Å². The summed E-state index contributed by atoms with van der Waals surface area (Å²) >= 11 is 0. The molecule has 4 rings (SSSR count). The Labute approximate surface area is 188 Å². The largest absolute Gasteiger partial charge is 0.491 e. The Hall–Kier alpha value is -1.18. The van der Waals surface area contributed by atoms with Crippen molar-refractivity contribution in [1.82, 2.24) is 9.80 Å². The fourth-order valence-corrected chi connectivity index (χ4v) is 4.56. The zero-order valence-corrected chi connectivity index (χ0v) is 20.4. The van der Waals surface area contributed by atoms with E-state index in [0.29, 0.717) is 12.1 Å². The second kappa shape index (κ2) is 8.31. The van der Waals surface area contributed by atoms with Crippen LogP contribution in [0.2, 0.25) is 0 Å². The first kappa shape index (κ1) is 23.0. The number of benzene rings is 1. The number of nitrogens with zero attached hydrogens (tertiary/aromatic N) is 2. The highest BCUT2D eigenvalue weighted by molar-refractivity contribution is 6.55. The van der Waals surface area contributed by atoms with Gasteiger partial charge in [0, 0.05) is 38.3 Å². The summed E-state index contributed by atoms with van der Waals surface area (Å²) in [6.45, 7) is 19.5. The van der Waals surface area contributed by atoms with Gasteiger partial charge in [-0.15, -0.1) is 0 Å². The molecule has 0 unspecified atom stereocenters. The maximum absolute atomic E-state index is 6.34. The fourth-order valence-electron chi connectivity index (χ4n) is 4.56. The Bertz CT molecular complexity index is 787. The van der Waals surface area contributed by atoms with Crippen LogP contribution in [0.15, 0.2) is 41.9 Å². The van der Waals surface area contributed by atoms with Crippen molar-refractivity contribution in [3.8, 4) is 0 Å². The Morgan fingerprint density at radius 2 is 1.68 bits per heavy atom. The minimum Gasteiger partial charge on any atom is -0.400 e. The summed E-state index contributed by atoms with van der Waals surface area (Å²) < 4.78 is 18.9. The van der Waals surface area contributed by atoms with Crippen LogP contribution in [0.1, 0.15) is 54.0 Å². The van der Waals surface area contributed by atoms with Crippen LogP contribution >= 0.6 is 0 Å². The SMILES string of the molecule is CC(C)(C)OC[C@H]1CN2CC(B3OC(C)(C)C(C)(C)O3)=C[C@H]2CN1Cc1ccccc1. The van der Waals surface area contributed by atoms with Crippen molar-refractivity contribution in [1.29, 1.82) is 0 Å². The lowest BCUT2D eigenvalue weighted by molar-refractivity contribution is -0.0593.